The molecule has 2 rings (SSSR count). The predicted molar refractivity (Wildman–Crippen MR) is 109 cm³/mol. The van der Waals surface area contributed by atoms with Gasteiger partial charge in [-0.1, -0.05) is 41.5 Å². The van der Waals surface area contributed by atoms with Crippen LogP contribution in [0.2, 0.25) is 0 Å². The van der Waals surface area contributed by atoms with Crippen LogP contribution in [0.3, 0.4) is 0 Å². The fourth-order valence-electron chi connectivity index (χ4n) is 4.48. The molecule has 0 saturated carbocycles. The van der Waals surface area contributed by atoms with Crippen LogP contribution in [-0.4, -0.2) is 0 Å². The lowest BCUT2D eigenvalue weighted by Gasteiger charge is -2.39. The van der Waals surface area contributed by atoms with Crippen molar-refractivity contribution in [2.45, 2.75) is 59.5 Å². The Morgan fingerprint density at radius 2 is 1.28 bits per heavy atom. The maximum atomic E-state index is 7.04. The first-order chi connectivity index (χ1) is 11.6. The molecule has 0 aliphatic rings. The molecule has 2 aromatic rings. The van der Waals surface area contributed by atoms with Gasteiger partial charge in [-0.15, -0.1) is 6.58 Å². The first-order valence-corrected chi connectivity index (χ1v) is 8.93. The summed E-state index contributed by atoms with van der Waals surface area (Å²) in [6.45, 7) is 16.7. The average molecular weight is 337 g/mol. The third-order valence-corrected chi connectivity index (χ3v) is 5.23. The van der Waals surface area contributed by atoms with Gasteiger partial charge < -0.3 is 11.5 Å². The Balaban J connectivity index is 2.71. The van der Waals surface area contributed by atoms with Crippen molar-refractivity contribution in [2.75, 3.05) is 0 Å². The van der Waals surface area contributed by atoms with Gasteiger partial charge in [-0.3, -0.25) is 0 Å². The van der Waals surface area contributed by atoms with Gasteiger partial charge in [0.2, 0.25) is 0 Å². The maximum Gasteiger partial charge on any atom is 0.0645 e. The van der Waals surface area contributed by atoms with Crippen molar-refractivity contribution >= 4 is 0 Å². The van der Waals surface area contributed by atoms with Crippen LogP contribution in [-0.2, 0) is 5.54 Å². The Kier molecular flexibility index (Phi) is 5.55. The topological polar surface area (TPSA) is 52.0 Å². The van der Waals surface area contributed by atoms with Crippen LogP contribution in [0.4, 0.5) is 0 Å². The molecule has 0 aliphatic heterocycles. The van der Waals surface area contributed by atoms with Gasteiger partial charge in [-0.25, -0.2) is 0 Å². The fraction of sp³-hybridized carbons (Fsp3) is 0.391. The molecule has 134 valence electrons. The van der Waals surface area contributed by atoms with E-state index in [4.69, 9.17) is 11.5 Å². The van der Waals surface area contributed by atoms with Crippen LogP contribution in [0.25, 0.3) is 0 Å². The summed E-state index contributed by atoms with van der Waals surface area (Å²) in [4.78, 5) is 0. The Bertz CT molecular complexity index is 758. The largest absolute Gasteiger partial charge is 0.322 e. The first kappa shape index (κ1) is 19.4. The third kappa shape index (κ3) is 3.56. The monoisotopic (exact) mass is 336 g/mol. The average Bonchev–Trinajstić information content (AvgIpc) is 2.44. The highest BCUT2D eigenvalue weighted by atomic mass is 14.9. The number of benzene rings is 2. The first-order valence-electron chi connectivity index (χ1n) is 8.93. The molecule has 2 nitrogen and oxygen atoms in total. The van der Waals surface area contributed by atoms with E-state index in [0.717, 1.165) is 11.1 Å². The van der Waals surface area contributed by atoms with Crippen LogP contribution in [0.5, 0.6) is 0 Å². The summed E-state index contributed by atoms with van der Waals surface area (Å²) in [5.41, 5.74) is 22.8. The highest BCUT2D eigenvalue weighted by Gasteiger charge is 2.38. The molecule has 0 saturated heterocycles. The minimum absolute atomic E-state index is 0.300. The van der Waals surface area contributed by atoms with E-state index in [1.54, 1.807) is 0 Å². The Labute approximate surface area is 152 Å². The second kappa shape index (κ2) is 7.15. The lowest BCUT2D eigenvalue weighted by Crippen LogP contribution is -2.48. The fourth-order valence-corrected chi connectivity index (χ4v) is 4.48. The number of hydrogen-bond acceptors (Lipinski definition) is 2. The van der Waals surface area contributed by atoms with Crippen molar-refractivity contribution in [3.8, 4) is 0 Å². The van der Waals surface area contributed by atoms with Gasteiger partial charge in [0.15, 0.2) is 0 Å². The minimum Gasteiger partial charge on any atom is -0.322 e. The third-order valence-electron chi connectivity index (χ3n) is 5.23. The Hall–Kier alpha value is -1.90. The SMILES string of the molecule is C=CCC(N)(c1c(C)cc(C)cc1C)C(N)c1c(C)cc(C)cc1C. The molecule has 0 spiro atoms. The zero-order chi connectivity index (χ0) is 18.9. The molecule has 0 radical (unpaired) electrons. The van der Waals surface area contributed by atoms with Gasteiger partial charge in [0.1, 0.15) is 0 Å². The second-order valence-corrected chi connectivity index (χ2v) is 7.60. The zero-order valence-electron chi connectivity index (χ0n) is 16.5. The van der Waals surface area contributed by atoms with Crippen LogP contribution in [0, 0.1) is 41.5 Å². The lowest BCUT2D eigenvalue weighted by atomic mass is 9.72. The van der Waals surface area contributed by atoms with Crippen LogP contribution in [0.1, 0.15) is 57.0 Å². The molecule has 0 aromatic heterocycles. The molecule has 0 aliphatic carbocycles. The molecule has 25 heavy (non-hydrogen) atoms. The molecular formula is C23H32N2. The van der Waals surface area contributed by atoms with E-state index in [1.165, 1.54) is 33.4 Å². The van der Waals surface area contributed by atoms with Crippen LogP contribution < -0.4 is 11.5 Å². The second-order valence-electron chi connectivity index (χ2n) is 7.60. The van der Waals surface area contributed by atoms with E-state index in [-0.39, 0.29) is 6.04 Å². The smallest absolute Gasteiger partial charge is 0.0645 e. The molecule has 0 heterocycles. The van der Waals surface area contributed by atoms with E-state index in [1.807, 2.05) is 6.08 Å². The number of hydrogen-bond donors (Lipinski definition) is 2. The van der Waals surface area contributed by atoms with Crippen molar-refractivity contribution in [1.82, 2.24) is 0 Å². The highest BCUT2D eigenvalue weighted by molar-refractivity contribution is 5.48. The van der Waals surface area contributed by atoms with Gasteiger partial charge in [0, 0.05) is 0 Å². The van der Waals surface area contributed by atoms with Crippen molar-refractivity contribution in [3.05, 3.63) is 81.4 Å². The Morgan fingerprint density at radius 3 is 1.68 bits per heavy atom. The molecular weight excluding hydrogens is 304 g/mol. The molecule has 0 amide bonds. The quantitative estimate of drug-likeness (QED) is 0.758. The van der Waals surface area contributed by atoms with Crippen molar-refractivity contribution in [1.29, 1.82) is 0 Å². The minimum atomic E-state index is -0.686. The molecule has 2 aromatic carbocycles. The number of nitrogens with two attached hydrogens (primary N) is 2. The summed E-state index contributed by atoms with van der Waals surface area (Å²) in [6, 6.07) is 8.45. The normalized spacial score (nSPS) is 14.9. The van der Waals surface area contributed by atoms with Crippen molar-refractivity contribution in [2.24, 2.45) is 11.5 Å². The summed E-state index contributed by atoms with van der Waals surface area (Å²) >= 11 is 0. The maximum absolute atomic E-state index is 7.04. The van der Waals surface area contributed by atoms with Crippen LogP contribution >= 0.6 is 0 Å². The van der Waals surface area contributed by atoms with Crippen molar-refractivity contribution in [3.63, 3.8) is 0 Å². The molecule has 4 N–H and O–H groups in total. The summed E-state index contributed by atoms with van der Waals surface area (Å²) in [6.07, 6.45) is 2.52. The summed E-state index contributed by atoms with van der Waals surface area (Å²) < 4.78 is 0. The summed E-state index contributed by atoms with van der Waals surface area (Å²) in [7, 11) is 0. The van der Waals surface area contributed by atoms with E-state index in [0.29, 0.717) is 6.42 Å². The number of aryl methyl sites for hydroxylation is 6. The summed E-state index contributed by atoms with van der Waals surface area (Å²) in [5, 5.41) is 0. The van der Waals surface area contributed by atoms with Gasteiger partial charge in [-0.05, 0) is 81.3 Å². The standard InChI is InChI=1S/C23H32N2/c1-8-9-23(25,21-18(6)12-15(3)13-19(21)7)22(24)20-16(4)10-14(2)11-17(20)5/h8,10-13,22H,1,9,24-25H2,2-7H3. The molecule has 2 atom stereocenters. The molecule has 2 unspecified atom stereocenters. The van der Waals surface area contributed by atoms with E-state index in [9.17, 15) is 0 Å². The highest BCUT2D eigenvalue weighted by Crippen LogP contribution is 2.40. The van der Waals surface area contributed by atoms with Gasteiger partial charge in [0.05, 0.1) is 11.6 Å². The molecule has 0 bridgehead atoms. The predicted octanol–water partition coefficient (Wildman–Crippen LogP) is 4.97. The number of rotatable bonds is 5. The molecule has 0 fully saturated rings. The van der Waals surface area contributed by atoms with Crippen molar-refractivity contribution < 1.29 is 0 Å². The lowest BCUT2D eigenvalue weighted by molar-refractivity contribution is 0.357. The van der Waals surface area contributed by atoms with Gasteiger partial charge in [0.25, 0.3) is 0 Å². The summed E-state index contributed by atoms with van der Waals surface area (Å²) in [5.74, 6) is 0. The van der Waals surface area contributed by atoms with E-state index < -0.39 is 5.54 Å². The van der Waals surface area contributed by atoms with E-state index in [2.05, 4.69) is 72.4 Å². The zero-order valence-corrected chi connectivity index (χ0v) is 16.5. The van der Waals surface area contributed by atoms with E-state index >= 15 is 0 Å². The van der Waals surface area contributed by atoms with Gasteiger partial charge >= 0.3 is 0 Å². The Morgan fingerprint density at radius 1 is 0.880 bits per heavy atom. The van der Waals surface area contributed by atoms with Crippen LogP contribution in [0.15, 0.2) is 36.9 Å². The molecule has 2 heteroatoms. The van der Waals surface area contributed by atoms with Gasteiger partial charge in [-0.2, -0.15) is 0 Å².